The van der Waals surface area contributed by atoms with E-state index in [0.29, 0.717) is 13.2 Å². The molecular weight excluding hydrogens is 625 g/mol. The van der Waals surface area contributed by atoms with E-state index in [9.17, 15) is 9.90 Å². The average Bonchev–Trinajstić information content (AvgIpc) is 2.88. The van der Waals surface area contributed by atoms with Crippen LogP contribution >= 0.6 is 0 Å². The molecule has 14 heteroatoms. The first-order valence-electron chi connectivity index (χ1n) is 12.0. The molecule has 2 fully saturated rings. The van der Waals surface area contributed by atoms with Crippen LogP contribution in [0.5, 0.6) is 0 Å². The molecule has 2 heterocycles. The number of carbonyl (C=O) groups is 1. The van der Waals surface area contributed by atoms with Gasteiger partial charge in [0.1, 0.15) is 6.10 Å². The minimum Gasteiger partial charge on any atom is -0.460 e. The largest absolute Gasteiger partial charge is 0.460 e. The first-order valence-corrected chi connectivity index (χ1v) is 18.7. The zero-order valence-corrected chi connectivity index (χ0v) is 28.7. The number of aliphatic hydroxyl groups is 1. The van der Waals surface area contributed by atoms with Crippen LogP contribution in [0.2, 0.25) is 0 Å². The highest BCUT2D eigenvalue weighted by Gasteiger charge is 2.42. The van der Waals surface area contributed by atoms with Crippen LogP contribution in [0, 0.1) is 23.7 Å². The summed E-state index contributed by atoms with van der Waals surface area (Å²) in [6.07, 6.45) is 2.02. The molecule has 7 nitrogen and oxygen atoms in total. The first-order chi connectivity index (χ1) is 17.9. The van der Waals surface area contributed by atoms with E-state index in [1.165, 1.54) is 24.7 Å². The van der Waals surface area contributed by atoms with Crippen LogP contribution in [0.1, 0.15) is 48.5 Å². The van der Waals surface area contributed by atoms with Crippen molar-refractivity contribution >= 4 is 77.4 Å². The minimum absolute atomic E-state index is 0.153. The van der Waals surface area contributed by atoms with Gasteiger partial charge < -0.3 is 28.8 Å². The van der Waals surface area contributed by atoms with E-state index in [0.717, 1.165) is 8.88 Å². The monoisotopic (exact) mass is 666 g/mol. The van der Waals surface area contributed by atoms with E-state index in [1.54, 1.807) is 12.2 Å². The number of ether oxygens (including phenoxy) is 5. The van der Waals surface area contributed by atoms with Gasteiger partial charge in [-0.25, -0.2) is 0 Å². The third-order valence-corrected chi connectivity index (χ3v) is 8.52. The van der Waals surface area contributed by atoms with Gasteiger partial charge in [-0.1, -0.05) is 39.8 Å². The van der Waals surface area contributed by atoms with Gasteiger partial charge in [0.15, 0.2) is 12.6 Å². The highest BCUT2D eigenvalue weighted by molar-refractivity contribution is 8.51. The van der Waals surface area contributed by atoms with Gasteiger partial charge in [0.25, 0.3) is 0 Å². The second-order valence-electron chi connectivity index (χ2n) is 8.87. The highest BCUT2D eigenvalue weighted by atomic mass is 33.2. The van der Waals surface area contributed by atoms with Crippen LogP contribution in [0.25, 0.3) is 0 Å². The topological polar surface area (TPSA) is 83.5 Å². The molecule has 1 N–H and O–H groups in total. The molecule has 38 heavy (non-hydrogen) atoms. The van der Waals surface area contributed by atoms with Crippen molar-refractivity contribution < 1.29 is 33.6 Å². The summed E-state index contributed by atoms with van der Waals surface area (Å²) >= 11 is 16.9. The fourth-order valence-corrected chi connectivity index (χ4v) is 3.89. The maximum Gasteiger partial charge on any atom is 0.303 e. The molecule has 2 aliphatic heterocycles. The molecule has 0 aromatic carbocycles. The standard InChI is InChI=1S/C13H22O4.C11H20O3.S4.S3/c1-6-7-15-13-9(3)8(2)12(10(4)16-13)17-11(5)14;1-5-6-13-11-8(3)7(2)10(12)9(4)14-11;1-3-4-2;1-3-2/h6,8-10,12-13H,1,7H2,2-5H3;5,7-12H,1,6H2,2-4H3;;/t8?,9-,10?,12-,13+;7?,8-,9?,10-,11+;;/m11../s1. The van der Waals surface area contributed by atoms with Crippen LogP contribution in [0.15, 0.2) is 25.3 Å². The summed E-state index contributed by atoms with van der Waals surface area (Å²) < 4.78 is 27.6. The molecule has 10 atom stereocenters. The van der Waals surface area contributed by atoms with Crippen molar-refractivity contribution in [2.75, 3.05) is 13.2 Å². The Balaban J connectivity index is 0. The third kappa shape index (κ3) is 15.9. The fourth-order valence-electron chi connectivity index (χ4n) is 3.89. The highest BCUT2D eigenvalue weighted by Crippen LogP contribution is 2.33. The summed E-state index contributed by atoms with van der Waals surface area (Å²) in [6.45, 7) is 21.5. The second-order valence-corrected chi connectivity index (χ2v) is 14.2. The molecule has 0 radical (unpaired) electrons. The number of hydrogen-bond acceptors (Lipinski definition) is 11. The molecule has 2 rings (SSSR count). The van der Waals surface area contributed by atoms with Gasteiger partial charge in [0.2, 0.25) is 0 Å². The predicted molar refractivity (Wildman–Crippen MR) is 171 cm³/mol. The zero-order valence-electron chi connectivity index (χ0n) is 23.0. The van der Waals surface area contributed by atoms with E-state index >= 15 is 0 Å². The van der Waals surface area contributed by atoms with Gasteiger partial charge in [0.05, 0.1) is 31.5 Å². The Morgan fingerprint density at radius 3 is 1.58 bits per heavy atom. The number of aliphatic hydroxyl groups excluding tert-OH is 1. The van der Waals surface area contributed by atoms with Crippen LogP contribution in [-0.2, 0) is 99.9 Å². The van der Waals surface area contributed by atoms with E-state index in [4.69, 9.17) is 23.7 Å². The summed E-state index contributed by atoms with van der Waals surface area (Å²) in [7, 11) is 3.26. The smallest absolute Gasteiger partial charge is 0.303 e. The average molecular weight is 667 g/mol. The number of hydrogen-bond donors (Lipinski definition) is 1. The molecule has 0 aromatic rings. The molecule has 2 aliphatic rings. The van der Waals surface area contributed by atoms with Gasteiger partial charge in [-0.15, -0.1) is 13.2 Å². The Morgan fingerprint density at radius 1 is 0.816 bits per heavy atom. The maximum atomic E-state index is 11.0. The zero-order chi connectivity index (χ0) is 29.8. The van der Waals surface area contributed by atoms with Crippen molar-refractivity contribution in [3.63, 3.8) is 0 Å². The molecule has 0 spiro atoms. The molecule has 0 amide bonds. The van der Waals surface area contributed by atoms with Crippen molar-refractivity contribution in [1.82, 2.24) is 0 Å². The lowest BCUT2D eigenvalue weighted by molar-refractivity contribution is -0.259. The van der Waals surface area contributed by atoms with Gasteiger partial charge >= 0.3 is 5.97 Å². The van der Waals surface area contributed by atoms with Gasteiger partial charge in [0, 0.05) is 96.1 Å². The Morgan fingerprint density at radius 2 is 1.21 bits per heavy atom. The van der Waals surface area contributed by atoms with E-state index in [1.807, 2.05) is 34.6 Å². The van der Waals surface area contributed by atoms with Crippen molar-refractivity contribution in [2.24, 2.45) is 23.7 Å². The van der Waals surface area contributed by atoms with Crippen LogP contribution < -0.4 is 0 Å². The summed E-state index contributed by atoms with van der Waals surface area (Å²) in [6, 6.07) is 0. The first kappa shape index (κ1) is 40.4. The van der Waals surface area contributed by atoms with E-state index in [-0.39, 0.29) is 60.5 Å². The summed E-state index contributed by atoms with van der Waals surface area (Å²) in [4.78, 5) is 11.0. The fraction of sp³-hybridized carbons (Fsp3) is 0.792. The normalized spacial score (nSPS) is 33.7. The van der Waals surface area contributed by atoms with Crippen molar-refractivity contribution in [3.8, 4) is 0 Å². The number of esters is 1. The lowest BCUT2D eigenvalue weighted by Gasteiger charge is -2.42. The molecule has 0 aliphatic carbocycles. The van der Waals surface area contributed by atoms with E-state index in [2.05, 4.69) is 64.8 Å². The molecule has 4 unspecified atom stereocenters. The Labute approximate surface area is 257 Å². The molecule has 222 valence electrons. The molecule has 0 saturated carbocycles. The predicted octanol–water partition coefficient (Wildman–Crippen LogP) is 3.69. The van der Waals surface area contributed by atoms with Crippen molar-refractivity contribution in [1.29, 1.82) is 0 Å². The van der Waals surface area contributed by atoms with Gasteiger partial charge in [-0.2, -0.15) is 0 Å². The molecule has 0 aromatic heterocycles. The summed E-state index contributed by atoms with van der Waals surface area (Å²) in [5.74, 6) is 0.526. The molecule has 0 bridgehead atoms. The Hall–Kier alpha value is 0.290. The van der Waals surface area contributed by atoms with Crippen molar-refractivity contribution in [2.45, 2.75) is 85.5 Å². The maximum absolute atomic E-state index is 11.0. The van der Waals surface area contributed by atoms with Crippen LogP contribution in [-0.4, -0.2) is 61.3 Å². The number of carbonyl (C=O) groups excluding carboxylic acids is 1. The van der Waals surface area contributed by atoms with E-state index < -0.39 is 6.10 Å². The third-order valence-electron chi connectivity index (χ3n) is 6.30. The summed E-state index contributed by atoms with van der Waals surface area (Å²) in [5, 5.41) is 9.76. The lowest BCUT2D eigenvalue weighted by atomic mass is 9.85. The van der Waals surface area contributed by atoms with Crippen LogP contribution in [0.4, 0.5) is 0 Å². The SMILES string of the molecule is C=CCO[C@H]1OC(C)[C@H](O)C(C)[C@H]1C.C=CCO[C@H]1OC(C)[C@H](OC(C)=O)C(C)[C@H]1C.S=S=S.S=S=S=S. The minimum atomic E-state index is -0.395. The molecular formula is C24H42O7S7. The van der Waals surface area contributed by atoms with Gasteiger partial charge in [-0.05, 0) is 19.8 Å². The quantitative estimate of drug-likeness (QED) is 0.319. The van der Waals surface area contributed by atoms with Crippen LogP contribution in [0.3, 0.4) is 0 Å². The second kappa shape index (κ2) is 23.9. The lowest BCUT2D eigenvalue weighted by Crippen LogP contribution is -2.50. The number of rotatable bonds is 7. The summed E-state index contributed by atoms with van der Waals surface area (Å²) in [5.41, 5.74) is 0. The van der Waals surface area contributed by atoms with Gasteiger partial charge in [-0.3, -0.25) is 4.79 Å². The van der Waals surface area contributed by atoms with Crippen molar-refractivity contribution in [3.05, 3.63) is 25.3 Å². The Kier molecular flexibility index (Phi) is 25.5. The Bertz CT molecular complexity index is 804. The molecule has 2 saturated heterocycles.